The van der Waals surface area contributed by atoms with Crippen LogP contribution in [0.4, 0.5) is 0 Å². The van der Waals surface area contributed by atoms with Crippen LogP contribution in [0.25, 0.3) is 0 Å². The molecule has 1 saturated carbocycles. The van der Waals surface area contributed by atoms with E-state index in [0.29, 0.717) is 6.04 Å². The van der Waals surface area contributed by atoms with Gasteiger partial charge in [-0.1, -0.05) is 41.1 Å². The summed E-state index contributed by atoms with van der Waals surface area (Å²) in [7, 11) is 2.06. The van der Waals surface area contributed by atoms with Crippen LogP contribution in [-0.2, 0) is 0 Å². The van der Waals surface area contributed by atoms with Crippen LogP contribution in [0.1, 0.15) is 44.2 Å². The minimum atomic E-state index is 0.439. The Bertz CT molecular complexity index is 390. The SMILES string of the molecule is CCCN(CCC(NC)c1ccccc1Br)C1CC1. The number of halogens is 1. The van der Waals surface area contributed by atoms with Gasteiger partial charge < -0.3 is 10.2 Å². The van der Waals surface area contributed by atoms with E-state index in [1.807, 2.05) is 0 Å². The molecule has 0 saturated heterocycles. The maximum Gasteiger partial charge on any atom is 0.0340 e. The average molecular weight is 325 g/mol. The highest BCUT2D eigenvalue weighted by atomic mass is 79.9. The Balaban J connectivity index is 1.93. The summed E-state index contributed by atoms with van der Waals surface area (Å²) in [4.78, 5) is 2.67. The van der Waals surface area contributed by atoms with Crippen LogP contribution in [0.5, 0.6) is 0 Å². The number of hydrogen-bond acceptors (Lipinski definition) is 2. The van der Waals surface area contributed by atoms with Crippen molar-refractivity contribution < 1.29 is 0 Å². The first-order valence-corrected chi connectivity index (χ1v) is 8.21. The zero-order valence-corrected chi connectivity index (χ0v) is 13.6. The smallest absolute Gasteiger partial charge is 0.0340 e. The van der Waals surface area contributed by atoms with E-state index in [-0.39, 0.29) is 0 Å². The van der Waals surface area contributed by atoms with E-state index in [9.17, 15) is 0 Å². The van der Waals surface area contributed by atoms with Crippen LogP contribution in [0.3, 0.4) is 0 Å². The second kappa shape index (κ2) is 7.41. The van der Waals surface area contributed by atoms with Gasteiger partial charge in [0.25, 0.3) is 0 Å². The van der Waals surface area contributed by atoms with E-state index < -0.39 is 0 Å². The molecule has 1 atom stereocenters. The quantitative estimate of drug-likeness (QED) is 0.778. The lowest BCUT2D eigenvalue weighted by Crippen LogP contribution is -2.31. The molecule has 1 N–H and O–H groups in total. The number of hydrogen-bond donors (Lipinski definition) is 1. The molecule has 1 aliphatic rings. The normalized spacial score (nSPS) is 16.8. The molecule has 2 rings (SSSR count). The Morgan fingerprint density at radius 3 is 2.63 bits per heavy atom. The largest absolute Gasteiger partial charge is 0.313 e. The lowest BCUT2D eigenvalue weighted by molar-refractivity contribution is 0.249. The van der Waals surface area contributed by atoms with Crippen LogP contribution >= 0.6 is 15.9 Å². The Morgan fingerprint density at radius 2 is 2.05 bits per heavy atom. The Morgan fingerprint density at radius 1 is 1.32 bits per heavy atom. The van der Waals surface area contributed by atoms with Gasteiger partial charge >= 0.3 is 0 Å². The predicted octanol–water partition coefficient (Wildman–Crippen LogP) is 3.97. The molecular formula is C16H25BrN2. The van der Waals surface area contributed by atoms with Gasteiger partial charge in [-0.25, -0.2) is 0 Å². The molecule has 1 fully saturated rings. The van der Waals surface area contributed by atoms with Gasteiger partial charge in [0, 0.05) is 23.1 Å². The molecule has 0 radical (unpaired) electrons. The molecule has 0 spiro atoms. The maximum absolute atomic E-state index is 3.66. The molecule has 19 heavy (non-hydrogen) atoms. The van der Waals surface area contributed by atoms with Crippen molar-refractivity contribution in [3.05, 3.63) is 34.3 Å². The van der Waals surface area contributed by atoms with Crippen LogP contribution in [-0.4, -0.2) is 31.1 Å². The van der Waals surface area contributed by atoms with Crippen molar-refractivity contribution in [1.29, 1.82) is 0 Å². The highest BCUT2D eigenvalue weighted by molar-refractivity contribution is 9.10. The van der Waals surface area contributed by atoms with Gasteiger partial charge in [-0.3, -0.25) is 0 Å². The highest BCUT2D eigenvalue weighted by Gasteiger charge is 2.28. The van der Waals surface area contributed by atoms with Gasteiger partial charge in [-0.2, -0.15) is 0 Å². The van der Waals surface area contributed by atoms with Gasteiger partial charge in [0.2, 0.25) is 0 Å². The third kappa shape index (κ3) is 4.30. The second-order valence-electron chi connectivity index (χ2n) is 5.42. The van der Waals surface area contributed by atoms with E-state index >= 15 is 0 Å². The molecule has 106 valence electrons. The zero-order valence-electron chi connectivity index (χ0n) is 12.0. The predicted molar refractivity (Wildman–Crippen MR) is 85.4 cm³/mol. The van der Waals surface area contributed by atoms with Crippen LogP contribution in [0.15, 0.2) is 28.7 Å². The molecule has 1 aromatic rings. The molecule has 0 aromatic heterocycles. The Labute approximate surface area is 125 Å². The summed E-state index contributed by atoms with van der Waals surface area (Å²) in [6.07, 6.45) is 5.24. The molecule has 2 nitrogen and oxygen atoms in total. The molecule has 0 bridgehead atoms. The van der Waals surface area contributed by atoms with Crippen LogP contribution < -0.4 is 5.32 Å². The fraction of sp³-hybridized carbons (Fsp3) is 0.625. The number of nitrogens with one attached hydrogen (secondary N) is 1. The molecule has 0 heterocycles. The fourth-order valence-corrected chi connectivity index (χ4v) is 3.27. The topological polar surface area (TPSA) is 15.3 Å². The first-order chi connectivity index (χ1) is 9.26. The first-order valence-electron chi connectivity index (χ1n) is 7.42. The van der Waals surface area contributed by atoms with Gasteiger partial charge in [0.05, 0.1) is 0 Å². The first kappa shape index (κ1) is 15.0. The summed E-state index contributed by atoms with van der Waals surface area (Å²) in [5.41, 5.74) is 1.37. The summed E-state index contributed by atoms with van der Waals surface area (Å²) >= 11 is 3.66. The third-order valence-corrected chi connectivity index (χ3v) is 4.63. The number of nitrogens with zero attached hydrogens (tertiary/aromatic N) is 1. The maximum atomic E-state index is 3.66. The monoisotopic (exact) mass is 324 g/mol. The van der Waals surface area contributed by atoms with Gasteiger partial charge in [0.15, 0.2) is 0 Å². The fourth-order valence-electron chi connectivity index (χ4n) is 2.71. The second-order valence-corrected chi connectivity index (χ2v) is 6.27. The van der Waals surface area contributed by atoms with E-state index in [2.05, 4.69) is 64.4 Å². The van der Waals surface area contributed by atoms with Gasteiger partial charge in [-0.15, -0.1) is 0 Å². The summed E-state index contributed by atoms with van der Waals surface area (Å²) in [6.45, 7) is 4.72. The Hall–Kier alpha value is -0.380. The lowest BCUT2D eigenvalue weighted by Gasteiger charge is -2.25. The highest BCUT2D eigenvalue weighted by Crippen LogP contribution is 2.29. The van der Waals surface area contributed by atoms with E-state index in [1.54, 1.807) is 0 Å². The van der Waals surface area contributed by atoms with Gasteiger partial charge in [0.1, 0.15) is 0 Å². The number of benzene rings is 1. The van der Waals surface area contributed by atoms with Crippen molar-refractivity contribution in [2.24, 2.45) is 0 Å². The zero-order chi connectivity index (χ0) is 13.7. The standard InChI is InChI=1S/C16H25BrN2/c1-3-11-19(13-8-9-13)12-10-16(18-2)14-6-4-5-7-15(14)17/h4-7,13,16,18H,3,8-12H2,1-2H3. The van der Waals surface area contributed by atoms with Crippen molar-refractivity contribution in [1.82, 2.24) is 10.2 Å². The summed E-state index contributed by atoms with van der Waals surface area (Å²) in [6, 6.07) is 9.85. The summed E-state index contributed by atoms with van der Waals surface area (Å²) in [5.74, 6) is 0. The molecule has 1 aromatic carbocycles. The van der Waals surface area contributed by atoms with Crippen LogP contribution in [0.2, 0.25) is 0 Å². The molecule has 0 aliphatic heterocycles. The molecule has 1 aliphatic carbocycles. The van der Waals surface area contributed by atoms with E-state index in [0.717, 1.165) is 6.04 Å². The van der Waals surface area contributed by atoms with Crippen molar-refractivity contribution in [3.8, 4) is 0 Å². The summed E-state index contributed by atoms with van der Waals surface area (Å²) < 4.78 is 1.21. The van der Waals surface area contributed by atoms with E-state index in [1.165, 1.54) is 48.8 Å². The minimum Gasteiger partial charge on any atom is -0.313 e. The summed E-state index contributed by atoms with van der Waals surface area (Å²) in [5, 5.41) is 3.46. The molecular weight excluding hydrogens is 300 g/mol. The minimum absolute atomic E-state index is 0.439. The van der Waals surface area contributed by atoms with Crippen LogP contribution in [0, 0.1) is 0 Å². The molecule has 1 unspecified atom stereocenters. The van der Waals surface area contributed by atoms with Gasteiger partial charge in [-0.05, 0) is 50.9 Å². The van der Waals surface area contributed by atoms with Crippen molar-refractivity contribution >= 4 is 15.9 Å². The third-order valence-electron chi connectivity index (χ3n) is 3.91. The van der Waals surface area contributed by atoms with Crippen molar-refractivity contribution in [2.45, 2.75) is 44.7 Å². The lowest BCUT2D eigenvalue weighted by atomic mass is 10.0. The van der Waals surface area contributed by atoms with Crippen molar-refractivity contribution in [3.63, 3.8) is 0 Å². The number of rotatable bonds is 8. The van der Waals surface area contributed by atoms with Crippen molar-refractivity contribution in [2.75, 3.05) is 20.1 Å². The molecule has 0 amide bonds. The van der Waals surface area contributed by atoms with E-state index in [4.69, 9.17) is 0 Å². The molecule has 3 heteroatoms. The Kier molecular flexibility index (Phi) is 5.86. The average Bonchev–Trinajstić information content (AvgIpc) is 3.24.